The predicted octanol–water partition coefficient (Wildman–Crippen LogP) is 4.90. The van der Waals surface area contributed by atoms with Gasteiger partial charge >= 0.3 is 0 Å². The number of allylic oxidation sites excluding steroid dienone is 1. The average Bonchev–Trinajstić information content (AvgIpc) is 2.92. The van der Waals surface area contributed by atoms with Crippen molar-refractivity contribution in [1.29, 1.82) is 0 Å². The summed E-state index contributed by atoms with van der Waals surface area (Å²) in [4.78, 5) is 4.47. The first-order chi connectivity index (χ1) is 9.12. The Hall–Kier alpha value is -1.67. The Morgan fingerprint density at radius 1 is 1.37 bits per heavy atom. The molecule has 0 N–H and O–H groups in total. The molecule has 1 heterocycles. The lowest BCUT2D eigenvalue weighted by atomic mass is 9.73. The highest BCUT2D eigenvalue weighted by molar-refractivity contribution is 7.10. The molecule has 0 amide bonds. The molecule has 2 heteroatoms. The molecule has 0 atom stereocenters. The third kappa shape index (κ3) is 2.06. The van der Waals surface area contributed by atoms with Gasteiger partial charge in [-0.2, -0.15) is 0 Å². The van der Waals surface area contributed by atoms with Crippen molar-refractivity contribution in [3.05, 3.63) is 64.1 Å². The van der Waals surface area contributed by atoms with Crippen molar-refractivity contribution in [2.24, 2.45) is 0 Å². The van der Waals surface area contributed by atoms with E-state index in [0.717, 1.165) is 11.4 Å². The van der Waals surface area contributed by atoms with E-state index in [1.54, 1.807) is 11.3 Å². The molecule has 0 fully saturated rings. The van der Waals surface area contributed by atoms with Gasteiger partial charge in [0.1, 0.15) is 5.01 Å². The SMILES string of the molecule is C=Cc1ccc2c(c1)C(c1nccs1)=CCC2(C)C. The van der Waals surface area contributed by atoms with Crippen molar-refractivity contribution in [2.75, 3.05) is 0 Å². The van der Waals surface area contributed by atoms with E-state index < -0.39 is 0 Å². The molecule has 0 bridgehead atoms. The molecule has 19 heavy (non-hydrogen) atoms. The molecule has 1 aliphatic carbocycles. The number of hydrogen-bond donors (Lipinski definition) is 0. The number of hydrogen-bond acceptors (Lipinski definition) is 2. The van der Waals surface area contributed by atoms with E-state index in [9.17, 15) is 0 Å². The van der Waals surface area contributed by atoms with Gasteiger partial charge in [-0.1, -0.05) is 44.7 Å². The van der Waals surface area contributed by atoms with Crippen LogP contribution in [0.2, 0.25) is 0 Å². The first-order valence-corrected chi connectivity index (χ1v) is 7.37. The van der Waals surface area contributed by atoms with E-state index in [0.29, 0.717) is 0 Å². The lowest BCUT2D eigenvalue weighted by molar-refractivity contribution is 0.527. The maximum atomic E-state index is 4.47. The summed E-state index contributed by atoms with van der Waals surface area (Å²) in [7, 11) is 0. The van der Waals surface area contributed by atoms with Crippen molar-refractivity contribution in [3.8, 4) is 0 Å². The maximum Gasteiger partial charge on any atom is 0.123 e. The second kappa shape index (κ2) is 4.46. The minimum Gasteiger partial charge on any atom is -0.245 e. The fourth-order valence-corrected chi connectivity index (χ4v) is 3.33. The van der Waals surface area contributed by atoms with Crippen molar-refractivity contribution in [3.63, 3.8) is 0 Å². The molecule has 0 unspecified atom stereocenters. The Bertz CT molecular complexity index is 648. The zero-order valence-corrected chi connectivity index (χ0v) is 12.1. The first-order valence-electron chi connectivity index (χ1n) is 6.49. The summed E-state index contributed by atoms with van der Waals surface area (Å²) in [5.41, 5.74) is 5.34. The van der Waals surface area contributed by atoms with Crippen molar-refractivity contribution >= 4 is 23.0 Å². The zero-order valence-electron chi connectivity index (χ0n) is 11.3. The highest BCUT2D eigenvalue weighted by atomic mass is 32.1. The van der Waals surface area contributed by atoms with Crippen molar-refractivity contribution < 1.29 is 0 Å². The van der Waals surface area contributed by atoms with Crippen molar-refractivity contribution in [2.45, 2.75) is 25.7 Å². The van der Waals surface area contributed by atoms with E-state index in [4.69, 9.17) is 0 Å². The third-order valence-corrected chi connectivity index (χ3v) is 4.58. The van der Waals surface area contributed by atoms with E-state index in [1.165, 1.54) is 22.3 Å². The van der Waals surface area contributed by atoms with Crippen LogP contribution in [0.4, 0.5) is 0 Å². The van der Waals surface area contributed by atoms with Crippen LogP contribution in [0.25, 0.3) is 11.6 Å². The Morgan fingerprint density at radius 3 is 2.89 bits per heavy atom. The van der Waals surface area contributed by atoms with E-state index in [-0.39, 0.29) is 5.41 Å². The summed E-state index contributed by atoms with van der Waals surface area (Å²) in [5.74, 6) is 0. The van der Waals surface area contributed by atoms with Crippen molar-refractivity contribution in [1.82, 2.24) is 4.98 Å². The van der Waals surface area contributed by atoms with Gasteiger partial charge in [0, 0.05) is 17.2 Å². The van der Waals surface area contributed by atoms with Gasteiger partial charge in [-0.15, -0.1) is 11.3 Å². The maximum absolute atomic E-state index is 4.47. The quantitative estimate of drug-likeness (QED) is 0.754. The van der Waals surface area contributed by atoms with Crippen LogP contribution in [0.3, 0.4) is 0 Å². The van der Waals surface area contributed by atoms with Crippen LogP contribution in [-0.4, -0.2) is 4.98 Å². The number of aromatic nitrogens is 1. The fraction of sp³-hybridized carbons (Fsp3) is 0.235. The molecule has 0 aliphatic heterocycles. The van der Waals surface area contributed by atoms with Gasteiger partial charge in [0.2, 0.25) is 0 Å². The molecule has 1 aromatic heterocycles. The van der Waals surface area contributed by atoms with E-state index >= 15 is 0 Å². The number of nitrogens with zero attached hydrogens (tertiary/aromatic N) is 1. The lowest BCUT2D eigenvalue weighted by Gasteiger charge is -2.31. The van der Waals surface area contributed by atoms with Crippen LogP contribution in [0.5, 0.6) is 0 Å². The topological polar surface area (TPSA) is 12.9 Å². The fourth-order valence-electron chi connectivity index (χ4n) is 2.64. The van der Waals surface area contributed by atoms with Crippen LogP contribution in [0, 0.1) is 0 Å². The molecule has 0 saturated carbocycles. The number of thiazole rings is 1. The predicted molar refractivity (Wildman–Crippen MR) is 83.4 cm³/mol. The molecule has 0 spiro atoms. The average molecular weight is 267 g/mol. The largest absolute Gasteiger partial charge is 0.245 e. The Kier molecular flexibility index (Phi) is 2.90. The summed E-state index contributed by atoms with van der Waals surface area (Å²) in [6.45, 7) is 8.47. The molecule has 1 aliphatic rings. The number of rotatable bonds is 2. The van der Waals surface area contributed by atoms with Crippen LogP contribution in [0.15, 0.2) is 42.4 Å². The lowest BCUT2D eigenvalue weighted by Crippen LogP contribution is -2.21. The molecule has 3 rings (SSSR count). The standard InChI is InChI=1S/C17H17NS/c1-4-12-5-6-15-14(11-12)13(7-8-17(15,2)3)16-18-9-10-19-16/h4-7,9-11H,1,8H2,2-3H3. The van der Waals surface area contributed by atoms with Gasteiger partial charge in [0.05, 0.1) is 0 Å². The van der Waals surface area contributed by atoms with Crippen LogP contribution in [-0.2, 0) is 5.41 Å². The van der Waals surface area contributed by atoms with E-state index in [1.807, 2.05) is 17.7 Å². The molecular formula is C17H17NS. The Labute approximate surface area is 118 Å². The van der Waals surface area contributed by atoms with Gasteiger partial charge in [0.25, 0.3) is 0 Å². The Morgan fingerprint density at radius 2 is 2.21 bits per heavy atom. The highest BCUT2D eigenvalue weighted by Crippen LogP contribution is 2.42. The van der Waals surface area contributed by atoms with Gasteiger partial charge in [0.15, 0.2) is 0 Å². The summed E-state index contributed by atoms with van der Waals surface area (Å²) in [6, 6.07) is 6.63. The summed E-state index contributed by atoms with van der Waals surface area (Å²) in [5, 5.41) is 3.14. The van der Waals surface area contributed by atoms with Crippen LogP contribution in [0.1, 0.15) is 42.0 Å². The number of fused-ring (bicyclic) bond motifs is 1. The number of benzene rings is 1. The minimum atomic E-state index is 0.190. The Balaban J connectivity index is 2.22. The summed E-state index contributed by atoms with van der Waals surface area (Å²) >= 11 is 1.70. The monoisotopic (exact) mass is 267 g/mol. The van der Waals surface area contributed by atoms with Gasteiger partial charge in [-0.05, 0) is 34.6 Å². The van der Waals surface area contributed by atoms with Gasteiger partial charge < -0.3 is 0 Å². The van der Waals surface area contributed by atoms with Gasteiger partial charge in [-0.3, -0.25) is 0 Å². The third-order valence-electron chi connectivity index (χ3n) is 3.78. The molecule has 1 nitrogen and oxygen atoms in total. The molecule has 0 saturated heterocycles. The normalized spacial score (nSPS) is 16.6. The van der Waals surface area contributed by atoms with Gasteiger partial charge in [-0.25, -0.2) is 4.98 Å². The molecular weight excluding hydrogens is 250 g/mol. The molecule has 96 valence electrons. The zero-order chi connectivity index (χ0) is 13.5. The highest BCUT2D eigenvalue weighted by Gasteiger charge is 2.29. The first kappa shape index (κ1) is 12.4. The second-order valence-corrected chi connectivity index (χ2v) is 6.45. The molecule has 0 radical (unpaired) electrons. The van der Waals surface area contributed by atoms with Crippen LogP contribution < -0.4 is 0 Å². The molecule has 2 aromatic rings. The molecule has 1 aromatic carbocycles. The smallest absolute Gasteiger partial charge is 0.123 e. The minimum absolute atomic E-state index is 0.190. The van der Waals surface area contributed by atoms with Crippen LogP contribution >= 0.6 is 11.3 Å². The summed E-state index contributed by atoms with van der Waals surface area (Å²) in [6.07, 6.45) is 7.16. The summed E-state index contributed by atoms with van der Waals surface area (Å²) < 4.78 is 0. The van der Waals surface area contributed by atoms with E-state index in [2.05, 4.69) is 49.7 Å². The second-order valence-electron chi connectivity index (χ2n) is 5.55.